The highest BCUT2D eigenvalue weighted by Gasteiger charge is 2.39. The number of fused-ring (bicyclic) bond motifs is 1. The average molecular weight is 483 g/mol. The van der Waals surface area contributed by atoms with E-state index in [2.05, 4.69) is 21.7 Å². The lowest BCUT2D eigenvalue weighted by molar-refractivity contribution is -0.140. The number of aliphatic imine (C=N–C) groups is 1. The first-order valence-corrected chi connectivity index (χ1v) is 10.5. The molecule has 0 fully saturated rings. The van der Waals surface area contributed by atoms with Gasteiger partial charge in [0, 0.05) is 23.5 Å². The molecule has 172 valence electrons. The Morgan fingerprint density at radius 1 is 1.12 bits per heavy atom. The summed E-state index contributed by atoms with van der Waals surface area (Å²) in [5.41, 5.74) is 0.690. The Morgan fingerprint density at radius 2 is 1.76 bits per heavy atom. The summed E-state index contributed by atoms with van der Waals surface area (Å²) < 4.78 is 42.2. The Bertz CT molecular complexity index is 1480. The van der Waals surface area contributed by atoms with Crippen LogP contribution >= 0.6 is 11.6 Å². The fraction of sp³-hybridized carbons (Fsp3) is 0.0800. The first-order valence-electron chi connectivity index (χ1n) is 10.1. The van der Waals surface area contributed by atoms with Crippen LogP contribution in [0.25, 0.3) is 33.6 Å². The van der Waals surface area contributed by atoms with E-state index in [0.29, 0.717) is 16.3 Å². The van der Waals surface area contributed by atoms with Gasteiger partial charge in [-0.15, -0.1) is 0 Å². The molecule has 0 bridgehead atoms. The molecule has 0 unspecified atom stereocenters. The van der Waals surface area contributed by atoms with Gasteiger partial charge in [0.1, 0.15) is 5.65 Å². The number of hydrogen-bond donors (Lipinski definition) is 1. The third-order valence-electron chi connectivity index (χ3n) is 5.13. The molecule has 0 aliphatic rings. The van der Waals surface area contributed by atoms with Crippen LogP contribution in [0.1, 0.15) is 18.2 Å². The molecule has 0 atom stereocenters. The average Bonchev–Trinajstić information content (AvgIpc) is 3.21. The Labute approximate surface area is 197 Å². The lowest BCUT2D eigenvalue weighted by Crippen LogP contribution is -2.15. The van der Waals surface area contributed by atoms with E-state index < -0.39 is 17.4 Å². The molecule has 0 amide bonds. The standard InChI is InChI=1S/C25H18ClF3N4O/c1-3-15(14-30-4-2)16-5-7-17(8-6-16)20-13-21(34)33-24(31-20)22(23(32-33)25(27,28)29)18-9-11-19(26)12-10-18/h3-14,31H,1H2,2H3/b15-14+,30-4-. The second-order valence-corrected chi connectivity index (χ2v) is 7.72. The van der Waals surface area contributed by atoms with E-state index >= 15 is 0 Å². The lowest BCUT2D eigenvalue weighted by Gasteiger charge is -2.08. The summed E-state index contributed by atoms with van der Waals surface area (Å²) in [7, 11) is 0. The van der Waals surface area contributed by atoms with E-state index in [1.807, 2.05) is 12.1 Å². The highest BCUT2D eigenvalue weighted by Crippen LogP contribution is 2.38. The van der Waals surface area contributed by atoms with Crippen LogP contribution in [-0.4, -0.2) is 20.8 Å². The van der Waals surface area contributed by atoms with E-state index in [0.717, 1.165) is 15.7 Å². The Morgan fingerprint density at radius 3 is 2.35 bits per heavy atom. The van der Waals surface area contributed by atoms with Crippen molar-refractivity contribution in [2.75, 3.05) is 0 Å². The number of benzene rings is 2. The van der Waals surface area contributed by atoms with Crippen molar-refractivity contribution >= 4 is 29.0 Å². The summed E-state index contributed by atoms with van der Waals surface area (Å²) >= 11 is 5.91. The second-order valence-electron chi connectivity index (χ2n) is 7.28. The summed E-state index contributed by atoms with van der Waals surface area (Å²) in [6.07, 6.45) is 0.215. The Kier molecular flexibility index (Phi) is 6.26. The van der Waals surface area contributed by atoms with Crippen LogP contribution in [0.2, 0.25) is 5.02 Å². The smallest absolute Gasteiger partial charge is 0.339 e. The van der Waals surface area contributed by atoms with Crippen molar-refractivity contribution in [2.24, 2.45) is 4.99 Å². The molecule has 34 heavy (non-hydrogen) atoms. The van der Waals surface area contributed by atoms with Crippen molar-refractivity contribution in [1.82, 2.24) is 14.6 Å². The zero-order chi connectivity index (χ0) is 24.5. The van der Waals surface area contributed by atoms with Gasteiger partial charge < -0.3 is 4.98 Å². The molecule has 2 heterocycles. The molecule has 0 aliphatic heterocycles. The van der Waals surface area contributed by atoms with Gasteiger partial charge in [-0.25, -0.2) is 0 Å². The predicted octanol–water partition coefficient (Wildman–Crippen LogP) is 6.65. The quantitative estimate of drug-likeness (QED) is 0.256. The number of halogens is 4. The summed E-state index contributed by atoms with van der Waals surface area (Å²) in [5.74, 6) is 0. The highest BCUT2D eigenvalue weighted by molar-refractivity contribution is 6.30. The summed E-state index contributed by atoms with van der Waals surface area (Å²) in [5, 5.41) is 3.95. The molecular formula is C25H18ClF3N4O. The van der Waals surface area contributed by atoms with Crippen LogP contribution in [0.3, 0.4) is 0 Å². The normalized spacial score (nSPS) is 12.6. The minimum atomic E-state index is -4.77. The maximum absolute atomic E-state index is 13.8. The van der Waals surface area contributed by atoms with E-state index in [4.69, 9.17) is 11.6 Å². The van der Waals surface area contributed by atoms with Crippen molar-refractivity contribution in [3.63, 3.8) is 0 Å². The topological polar surface area (TPSA) is 62.5 Å². The van der Waals surface area contributed by atoms with Gasteiger partial charge >= 0.3 is 6.18 Å². The number of nitrogens with zero attached hydrogens (tertiary/aromatic N) is 3. The van der Waals surface area contributed by atoms with Gasteiger partial charge in [-0.3, -0.25) is 9.79 Å². The third-order valence-corrected chi connectivity index (χ3v) is 5.38. The van der Waals surface area contributed by atoms with Crippen LogP contribution in [0.5, 0.6) is 0 Å². The van der Waals surface area contributed by atoms with Crippen molar-refractivity contribution in [3.05, 3.63) is 100 Å². The summed E-state index contributed by atoms with van der Waals surface area (Å²) in [4.78, 5) is 19.8. The van der Waals surface area contributed by atoms with Gasteiger partial charge in [0.05, 0.1) is 11.3 Å². The number of aromatic nitrogens is 3. The van der Waals surface area contributed by atoms with E-state index in [9.17, 15) is 18.0 Å². The zero-order valence-corrected chi connectivity index (χ0v) is 18.7. The number of nitrogens with one attached hydrogen (secondary N) is 1. The monoisotopic (exact) mass is 482 g/mol. The second kappa shape index (κ2) is 9.15. The number of allylic oxidation sites excluding steroid dienone is 2. The Balaban J connectivity index is 1.90. The third kappa shape index (κ3) is 4.45. The maximum Gasteiger partial charge on any atom is 0.435 e. The van der Waals surface area contributed by atoms with Gasteiger partial charge in [0.2, 0.25) is 0 Å². The first kappa shape index (κ1) is 23.3. The fourth-order valence-corrected chi connectivity index (χ4v) is 3.65. The highest BCUT2D eigenvalue weighted by atomic mass is 35.5. The zero-order valence-electron chi connectivity index (χ0n) is 17.9. The van der Waals surface area contributed by atoms with Crippen LogP contribution < -0.4 is 5.56 Å². The van der Waals surface area contributed by atoms with Crippen LogP contribution in [0.15, 0.2) is 83.2 Å². The maximum atomic E-state index is 13.8. The van der Waals surface area contributed by atoms with Crippen LogP contribution in [0.4, 0.5) is 13.2 Å². The summed E-state index contributed by atoms with van der Waals surface area (Å²) in [6, 6.07) is 14.2. The molecule has 4 aromatic rings. The fourth-order valence-electron chi connectivity index (χ4n) is 3.53. The minimum Gasteiger partial charge on any atom is -0.339 e. The van der Waals surface area contributed by atoms with Crippen molar-refractivity contribution in [1.29, 1.82) is 0 Å². The Hall–Kier alpha value is -3.91. The molecule has 0 spiro atoms. The van der Waals surface area contributed by atoms with Crippen LogP contribution in [0, 0.1) is 0 Å². The molecule has 9 heteroatoms. The number of hydrogen-bond acceptors (Lipinski definition) is 3. The van der Waals surface area contributed by atoms with Crippen LogP contribution in [-0.2, 0) is 6.18 Å². The molecule has 5 nitrogen and oxygen atoms in total. The number of alkyl halides is 3. The van der Waals surface area contributed by atoms with E-state index in [1.165, 1.54) is 30.3 Å². The molecule has 2 aromatic carbocycles. The molecule has 2 aromatic heterocycles. The molecule has 0 radical (unpaired) electrons. The van der Waals surface area contributed by atoms with Crippen molar-refractivity contribution in [2.45, 2.75) is 13.1 Å². The summed E-state index contributed by atoms with van der Waals surface area (Å²) in [6.45, 7) is 5.58. The number of rotatable bonds is 5. The van der Waals surface area contributed by atoms with Crippen molar-refractivity contribution in [3.8, 4) is 22.4 Å². The van der Waals surface area contributed by atoms with E-state index in [1.54, 1.807) is 37.5 Å². The lowest BCUT2D eigenvalue weighted by atomic mass is 10.0. The van der Waals surface area contributed by atoms with E-state index in [-0.39, 0.29) is 16.8 Å². The SMILES string of the molecule is C=C/C(=C\N=C/C)c1ccc(-c2cc(=O)n3nc(C(F)(F)F)c(-c4ccc(Cl)cc4)c3[nH]2)cc1. The van der Waals surface area contributed by atoms with Gasteiger partial charge in [-0.2, -0.15) is 22.8 Å². The van der Waals surface area contributed by atoms with Gasteiger partial charge in [-0.05, 0) is 41.3 Å². The van der Waals surface area contributed by atoms with Gasteiger partial charge in [-0.1, -0.05) is 60.7 Å². The molecular weight excluding hydrogens is 465 g/mol. The molecule has 0 aliphatic carbocycles. The minimum absolute atomic E-state index is 0.0646. The molecule has 0 saturated heterocycles. The molecule has 1 N–H and O–H groups in total. The van der Waals surface area contributed by atoms with Crippen molar-refractivity contribution < 1.29 is 13.2 Å². The van der Waals surface area contributed by atoms with Gasteiger partial charge in [0.25, 0.3) is 5.56 Å². The molecule has 0 saturated carbocycles. The largest absolute Gasteiger partial charge is 0.435 e. The number of H-pyrrole nitrogens is 1. The first-order chi connectivity index (χ1) is 16.2. The van der Waals surface area contributed by atoms with Gasteiger partial charge in [0.15, 0.2) is 5.69 Å². The predicted molar refractivity (Wildman–Crippen MR) is 129 cm³/mol. The number of aromatic amines is 1. The molecule has 4 rings (SSSR count).